The Morgan fingerprint density at radius 1 is 1.06 bits per heavy atom. The van der Waals surface area contributed by atoms with Gasteiger partial charge in [0.1, 0.15) is 5.78 Å². The van der Waals surface area contributed by atoms with E-state index < -0.39 is 0 Å². The molecule has 0 rings (SSSR count). The maximum Gasteiger partial charge on any atom is 0.135 e. The lowest BCUT2D eigenvalue weighted by atomic mass is 10.0. The number of carbonyl (C=O) groups is 1. The molecule has 0 aromatic heterocycles. The molecule has 0 atom stereocenters. The number of hydrogen-bond acceptors (Lipinski definition) is 3. The predicted octanol–water partition coefficient (Wildman–Crippen LogP) is 3.38. The Morgan fingerprint density at radius 3 is 1.65 bits per heavy atom. The number of ketones is 1. The molecule has 0 aromatic carbocycles. The van der Waals surface area contributed by atoms with Gasteiger partial charge < -0.3 is 10.3 Å². The summed E-state index contributed by atoms with van der Waals surface area (Å²) in [6.07, 6.45) is 1.16. The first-order valence-corrected chi connectivity index (χ1v) is 6.67. The summed E-state index contributed by atoms with van der Waals surface area (Å²) in [5, 5.41) is 7.08. The van der Waals surface area contributed by atoms with E-state index in [-0.39, 0.29) is 11.7 Å². The number of hydrogen-bond donors (Lipinski definition) is 1. The van der Waals surface area contributed by atoms with Gasteiger partial charge in [-0.15, -0.1) is 0 Å². The van der Waals surface area contributed by atoms with Crippen molar-refractivity contribution >= 4 is 11.5 Å². The molecule has 0 fully saturated rings. The van der Waals surface area contributed by atoms with Gasteiger partial charge in [0.15, 0.2) is 0 Å². The van der Waals surface area contributed by atoms with Crippen LogP contribution in [0.1, 0.15) is 54.4 Å². The highest BCUT2D eigenvalue weighted by molar-refractivity contribution is 5.86. The second-order valence-corrected chi connectivity index (χ2v) is 4.52. The fraction of sp³-hybridized carbons (Fsp3) is 0.857. The summed E-state index contributed by atoms with van der Waals surface area (Å²) in [4.78, 5) is 13.3. The molecule has 1 N–H and O–H groups in total. The van der Waals surface area contributed by atoms with E-state index in [4.69, 9.17) is 5.41 Å². The molecule has 0 aliphatic heterocycles. The monoisotopic (exact) mass is 242 g/mol. The number of carbonyl (C=O) groups excluding carboxylic acids is 1. The number of Topliss-reactive ketones (excluding diaryl/α,β-unsaturated/α-hetero) is 1. The Balaban J connectivity index is 0. The Hall–Kier alpha value is -0.700. The standard InChI is InChI=1S/C8H15NO.C6H15N/c1-6(2)8(10)5-4-7(3)9;1-4-7(5-2)6-3/h6,9H,4-5H2,1-3H3;4-6H2,1-3H3. The van der Waals surface area contributed by atoms with E-state index in [1.165, 1.54) is 19.6 Å². The van der Waals surface area contributed by atoms with Crippen molar-refractivity contribution in [1.82, 2.24) is 4.90 Å². The molecule has 0 saturated heterocycles. The summed E-state index contributed by atoms with van der Waals surface area (Å²) in [6.45, 7) is 15.6. The molecule has 0 unspecified atom stereocenters. The highest BCUT2D eigenvalue weighted by Gasteiger charge is 2.05. The van der Waals surface area contributed by atoms with Crippen molar-refractivity contribution in [1.29, 1.82) is 5.41 Å². The van der Waals surface area contributed by atoms with Crippen LogP contribution in [0.5, 0.6) is 0 Å². The SMILES string of the molecule is CC(=N)CCC(=O)C(C)C.CCN(CC)CC. The second-order valence-electron chi connectivity index (χ2n) is 4.52. The predicted molar refractivity (Wildman–Crippen MR) is 75.9 cm³/mol. The maximum atomic E-state index is 11.0. The van der Waals surface area contributed by atoms with Gasteiger partial charge in [0.25, 0.3) is 0 Å². The van der Waals surface area contributed by atoms with E-state index in [9.17, 15) is 4.79 Å². The van der Waals surface area contributed by atoms with Gasteiger partial charge in [0.2, 0.25) is 0 Å². The van der Waals surface area contributed by atoms with E-state index in [0.717, 1.165) is 0 Å². The third-order valence-corrected chi connectivity index (χ3v) is 2.73. The van der Waals surface area contributed by atoms with E-state index in [1.54, 1.807) is 6.92 Å². The average Bonchev–Trinajstić information content (AvgIpc) is 2.28. The average molecular weight is 242 g/mol. The third kappa shape index (κ3) is 13.2. The minimum absolute atomic E-state index is 0.124. The molecule has 0 aromatic rings. The van der Waals surface area contributed by atoms with Crippen molar-refractivity contribution in [2.24, 2.45) is 5.92 Å². The first kappa shape index (κ1) is 18.7. The molecule has 3 heteroatoms. The van der Waals surface area contributed by atoms with Crippen LogP contribution in [0.15, 0.2) is 0 Å². The van der Waals surface area contributed by atoms with Crippen LogP contribution < -0.4 is 0 Å². The van der Waals surface area contributed by atoms with Crippen LogP contribution in [0.25, 0.3) is 0 Å². The first-order valence-electron chi connectivity index (χ1n) is 6.67. The largest absolute Gasteiger partial charge is 0.310 e. The van der Waals surface area contributed by atoms with Crippen molar-refractivity contribution in [3.63, 3.8) is 0 Å². The molecule has 102 valence electrons. The van der Waals surface area contributed by atoms with E-state index in [1.807, 2.05) is 13.8 Å². The van der Waals surface area contributed by atoms with E-state index in [0.29, 0.717) is 18.6 Å². The summed E-state index contributed by atoms with van der Waals surface area (Å²) in [6, 6.07) is 0. The summed E-state index contributed by atoms with van der Waals surface area (Å²) in [5.74, 6) is 0.381. The Bertz CT molecular complexity index is 203. The molecular weight excluding hydrogens is 212 g/mol. The lowest BCUT2D eigenvalue weighted by molar-refractivity contribution is -0.121. The second kappa shape index (κ2) is 11.8. The highest BCUT2D eigenvalue weighted by atomic mass is 16.1. The minimum atomic E-state index is 0.124. The van der Waals surface area contributed by atoms with Crippen LogP contribution in [0.3, 0.4) is 0 Å². The van der Waals surface area contributed by atoms with Crippen molar-refractivity contribution in [2.75, 3.05) is 19.6 Å². The Morgan fingerprint density at radius 2 is 1.47 bits per heavy atom. The van der Waals surface area contributed by atoms with Gasteiger partial charge in [-0.2, -0.15) is 0 Å². The molecule has 0 radical (unpaired) electrons. The zero-order chi connectivity index (χ0) is 13.8. The number of nitrogens with one attached hydrogen (secondary N) is 1. The van der Waals surface area contributed by atoms with Crippen LogP contribution >= 0.6 is 0 Å². The van der Waals surface area contributed by atoms with Crippen LogP contribution in [0.2, 0.25) is 0 Å². The Labute approximate surface area is 107 Å². The van der Waals surface area contributed by atoms with Crippen molar-refractivity contribution in [3.8, 4) is 0 Å². The molecule has 0 amide bonds. The topological polar surface area (TPSA) is 44.2 Å². The van der Waals surface area contributed by atoms with E-state index >= 15 is 0 Å². The summed E-state index contributed by atoms with van der Waals surface area (Å²) in [7, 11) is 0. The summed E-state index contributed by atoms with van der Waals surface area (Å²) >= 11 is 0. The fourth-order valence-corrected chi connectivity index (χ4v) is 1.27. The molecule has 0 saturated carbocycles. The summed E-state index contributed by atoms with van der Waals surface area (Å²) < 4.78 is 0. The van der Waals surface area contributed by atoms with Gasteiger partial charge in [0.05, 0.1) is 0 Å². The van der Waals surface area contributed by atoms with Gasteiger partial charge in [0, 0.05) is 18.1 Å². The third-order valence-electron chi connectivity index (χ3n) is 2.73. The van der Waals surface area contributed by atoms with Crippen molar-refractivity contribution in [2.45, 2.75) is 54.4 Å². The quantitative estimate of drug-likeness (QED) is 0.696. The fourth-order valence-electron chi connectivity index (χ4n) is 1.27. The highest BCUT2D eigenvalue weighted by Crippen LogP contribution is 2.01. The molecule has 0 spiro atoms. The van der Waals surface area contributed by atoms with Gasteiger partial charge >= 0.3 is 0 Å². The molecule has 3 nitrogen and oxygen atoms in total. The van der Waals surface area contributed by atoms with E-state index in [2.05, 4.69) is 25.7 Å². The van der Waals surface area contributed by atoms with Crippen LogP contribution in [0.4, 0.5) is 0 Å². The molecular formula is C14H30N2O. The van der Waals surface area contributed by atoms with Crippen LogP contribution in [0, 0.1) is 11.3 Å². The Kier molecular flexibility index (Phi) is 12.9. The number of nitrogens with zero attached hydrogens (tertiary/aromatic N) is 1. The number of rotatable bonds is 7. The normalized spacial score (nSPS) is 10.1. The molecule has 0 bridgehead atoms. The zero-order valence-corrected chi connectivity index (χ0v) is 12.5. The van der Waals surface area contributed by atoms with Gasteiger partial charge in [-0.1, -0.05) is 34.6 Å². The summed E-state index contributed by atoms with van der Waals surface area (Å²) in [5.41, 5.74) is 0.592. The van der Waals surface area contributed by atoms with Gasteiger partial charge in [-0.25, -0.2) is 0 Å². The molecule has 17 heavy (non-hydrogen) atoms. The lowest BCUT2D eigenvalue weighted by Gasteiger charge is -2.13. The smallest absolute Gasteiger partial charge is 0.135 e. The zero-order valence-electron chi connectivity index (χ0n) is 12.5. The van der Waals surface area contributed by atoms with Crippen molar-refractivity contribution < 1.29 is 4.79 Å². The molecule has 0 aliphatic rings. The van der Waals surface area contributed by atoms with Crippen LogP contribution in [-0.2, 0) is 4.79 Å². The minimum Gasteiger partial charge on any atom is -0.310 e. The van der Waals surface area contributed by atoms with Crippen LogP contribution in [-0.4, -0.2) is 36.0 Å². The van der Waals surface area contributed by atoms with Gasteiger partial charge in [-0.3, -0.25) is 4.79 Å². The maximum absolute atomic E-state index is 11.0. The van der Waals surface area contributed by atoms with Gasteiger partial charge in [-0.05, 0) is 33.0 Å². The first-order chi connectivity index (χ1) is 7.88. The van der Waals surface area contributed by atoms with Crippen molar-refractivity contribution in [3.05, 3.63) is 0 Å². The lowest BCUT2D eigenvalue weighted by Crippen LogP contribution is -2.21. The molecule has 0 aliphatic carbocycles. The molecule has 0 heterocycles.